The van der Waals surface area contributed by atoms with Crippen LogP contribution >= 0.6 is 0 Å². The zero-order chi connectivity index (χ0) is 24.5. The molecule has 3 aromatic rings. The molecule has 4 N–H and O–H groups in total. The number of rotatable bonds is 12. The number of aromatic amines is 1. The molecule has 1 amide bonds. The fourth-order valence-corrected chi connectivity index (χ4v) is 4.32. The number of ether oxygens (including phenoxy) is 1. The summed E-state index contributed by atoms with van der Waals surface area (Å²) in [5.74, 6) is 0.469. The van der Waals surface area contributed by atoms with Crippen LogP contribution in [0.2, 0.25) is 0 Å². The quantitative estimate of drug-likeness (QED) is 0.177. The van der Waals surface area contributed by atoms with Gasteiger partial charge in [-0.15, -0.1) is 0 Å². The number of anilines is 1. The lowest BCUT2D eigenvalue weighted by atomic mass is 10.1. The molecule has 1 unspecified atom stereocenters. The van der Waals surface area contributed by atoms with Crippen LogP contribution in [0, 0.1) is 0 Å². The summed E-state index contributed by atoms with van der Waals surface area (Å²) in [6, 6.07) is 12.7. The molecule has 3 heterocycles. The first-order valence-electron chi connectivity index (χ1n) is 12.2. The molecule has 1 aliphatic rings. The monoisotopic (exact) mass is 481 g/mol. The summed E-state index contributed by atoms with van der Waals surface area (Å²) in [5, 5.41) is 13.0. The van der Waals surface area contributed by atoms with Crippen molar-refractivity contribution < 1.29 is 14.7 Å². The van der Waals surface area contributed by atoms with Crippen molar-refractivity contribution in [3.05, 3.63) is 54.0 Å². The lowest BCUT2D eigenvalue weighted by Gasteiger charge is -2.34. The number of carbonyl (C=O) groups is 1. The third-order valence-corrected chi connectivity index (χ3v) is 6.36. The number of nitrogens with one attached hydrogen (secondary N) is 3. The minimum absolute atomic E-state index is 0.143. The molecule has 35 heavy (non-hydrogen) atoms. The molecule has 1 saturated heterocycles. The van der Waals surface area contributed by atoms with Gasteiger partial charge in [0, 0.05) is 64.0 Å². The Bertz CT molecular complexity index is 1070. The summed E-state index contributed by atoms with van der Waals surface area (Å²) in [4.78, 5) is 28.2. The van der Waals surface area contributed by atoms with E-state index in [9.17, 15) is 4.79 Å². The van der Waals surface area contributed by atoms with Gasteiger partial charge in [-0.25, -0.2) is 15.4 Å². The maximum absolute atomic E-state index is 11.0. The Balaban J connectivity index is 1.23. The number of nitrogens with zero attached hydrogens (tertiary/aromatic N) is 4. The molecule has 1 aliphatic heterocycles. The van der Waals surface area contributed by atoms with Crippen molar-refractivity contribution >= 4 is 22.8 Å². The van der Waals surface area contributed by atoms with Crippen molar-refractivity contribution in [1.82, 2.24) is 30.2 Å². The van der Waals surface area contributed by atoms with Crippen LogP contribution in [-0.2, 0) is 16.1 Å². The summed E-state index contributed by atoms with van der Waals surface area (Å²) in [6.07, 6.45) is 2.49. The minimum atomic E-state index is -0.374. The summed E-state index contributed by atoms with van der Waals surface area (Å²) >= 11 is 0. The highest BCUT2D eigenvalue weighted by molar-refractivity contribution is 5.87. The molecule has 0 aliphatic carbocycles. The summed E-state index contributed by atoms with van der Waals surface area (Å²) in [7, 11) is 0. The van der Waals surface area contributed by atoms with Crippen LogP contribution in [0.4, 0.5) is 5.82 Å². The number of amides is 1. The molecule has 0 radical (unpaired) electrons. The molecular formula is C25H35N7O3. The molecule has 0 bridgehead atoms. The Hall–Kier alpha value is -3.05. The maximum Gasteiger partial charge on any atom is 0.243 e. The van der Waals surface area contributed by atoms with Gasteiger partial charge in [-0.2, -0.15) is 0 Å². The summed E-state index contributed by atoms with van der Waals surface area (Å²) < 4.78 is 5.61. The molecule has 10 heteroatoms. The van der Waals surface area contributed by atoms with E-state index >= 15 is 0 Å². The molecule has 4 rings (SSSR count). The largest absolute Gasteiger partial charge is 0.380 e. The number of piperazine rings is 1. The predicted octanol–water partition coefficient (Wildman–Crippen LogP) is 2.55. The SMILES string of the molecule is CC(Nc1ncnc2[nH]c(CN3CCN(CCOCCCC(=O)NO)CC3)cc12)c1ccccc1. The molecule has 2 aromatic heterocycles. The average molecular weight is 482 g/mol. The average Bonchev–Trinajstić information content (AvgIpc) is 3.31. The van der Waals surface area contributed by atoms with Gasteiger partial charge in [-0.1, -0.05) is 30.3 Å². The van der Waals surface area contributed by atoms with Crippen molar-refractivity contribution in [2.24, 2.45) is 0 Å². The van der Waals surface area contributed by atoms with Crippen LogP contribution < -0.4 is 10.8 Å². The van der Waals surface area contributed by atoms with Crippen LogP contribution in [-0.4, -0.2) is 81.8 Å². The number of fused-ring (bicyclic) bond motifs is 1. The summed E-state index contributed by atoms with van der Waals surface area (Å²) in [6.45, 7) is 9.03. The highest BCUT2D eigenvalue weighted by Gasteiger charge is 2.18. The number of benzene rings is 1. The molecule has 1 atom stereocenters. The van der Waals surface area contributed by atoms with Crippen molar-refractivity contribution in [1.29, 1.82) is 0 Å². The van der Waals surface area contributed by atoms with Crippen LogP contribution in [0.3, 0.4) is 0 Å². The van der Waals surface area contributed by atoms with E-state index in [2.05, 4.69) is 55.2 Å². The number of aromatic nitrogens is 3. The number of H-pyrrole nitrogens is 1. The fraction of sp³-hybridized carbons (Fsp3) is 0.480. The third-order valence-electron chi connectivity index (χ3n) is 6.36. The van der Waals surface area contributed by atoms with Gasteiger partial charge in [0.1, 0.15) is 17.8 Å². The maximum atomic E-state index is 11.0. The molecule has 0 spiro atoms. The molecule has 10 nitrogen and oxygen atoms in total. The number of hydroxylamine groups is 1. The molecule has 1 aromatic carbocycles. The van der Waals surface area contributed by atoms with E-state index in [1.807, 2.05) is 18.2 Å². The van der Waals surface area contributed by atoms with Crippen LogP contribution in [0.5, 0.6) is 0 Å². The highest BCUT2D eigenvalue weighted by atomic mass is 16.5. The van der Waals surface area contributed by atoms with Crippen molar-refractivity contribution in [3.63, 3.8) is 0 Å². The van der Waals surface area contributed by atoms with Crippen molar-refractivity contribution in [2.45, 2.75) is 32.4 Å². The first-order chi connectivity index (χ1) is 17.1. The Morgan fingerprint density at radius 3 is 2.69 bits per heavy atom. The lowest BCUT2D eigenvalue weighted by Crippen LogP contribution is -2.46. The predicted molar refractivity (Wildman–Crippen MR) is 134 cm³/mol. The third kappa shape index (κ3) is 7.22. The topological polar surface area (TPSA) is 119 Å². The second-order valence-electron chi connectivity index (χ2n) is 8.92. The highest BCUT2D eigenvalue weighted by Crippen LogP contribution is 2.25. The second kappa shape index (κ2) is 12.6. The van der Waals surface area contributed by atoms with Crippen molar-refractivity contribution in [3.8, 4) is 0 Å². The lowest BCUT2D eigenvalue weighted by molar-refractivity contribution is -0.129. The molecule has 1 fully saturated rings. The van der Waals surface area contributed by atoms with Crippen LogP contribution in [0.1, 0.15) is 37.1 Å². The van der Waals surface area contributed by atoms with Gasteiger partial charge in [0.2, 0.25) is 5.91 Å². The summed E-state index contributed by atoms with van der Waals surface area (Å²) in [5.41, 5.74) is 4.84. The van der Waals surface area contributed by atoms with E-state index in [1.54, 1.807) is 11.8 Å². The van der Waals surface area contributed by atoms with E-state index in [1.165, 1.54) is 5.56 Å². The molecule has 188 valence electrons. The zero-order valence-corrected chi connectivity index (χ0v) is 20.2. The normalized spacial score (nSPS) is 15.8. The van der Waals surface area contributed by atoms with Gasteiger partial charge in [0.05, 0.1) is 12.0 Å². The standard InChI is InChI=1S/C25H35N7O3/c1-19(20-6-3-2-4-7-20)28-24-22-16-21(29-25(22)27-18-26-24)17-32-11-9-31(10-12-32)13-15-35-14-5-8-23(33)30-34/h2-4,6-7,16,18-19,34H,5,8-15,17H2,1H3,(H,30,33)(H2,26,27,28,29). The smallest absolute Gasteiger partial charge is 0.243 e. The number of carbonyl (C=O) groups excluding carboxylic acids is 1. The van der Waals surface area contributed by atoms with E-state index in [4.69, 9.17) is 9.94 Å². The van der Waals surface area contributed by atoms with Gasteiger partial charge >= 0.3 is 0 Å². The van der Waals surface area contributed by atoms with E-state index in [0.717, 1.165) is 61.8 Å². The number of hydrogen-bond donors (Lipinski definition) is 4. The Labute approximate surface area is 205 Å². The minimum Gasteiger partial charge on any atom is -0.380 e. The zero-order valence-electron chi connectivity index (χ0n) is 20.2. The first-order valence-corrected chi connectivity index (χ1v) is 12.2. The van der Waals surface area contributed by atoms with Gasteiger partial charge in [0.25, 0.3) is 0 Å². The van der Waals surface area contributed by atoms with Gasteiger partial charge in [-0.05, 0) is 25.0 Å². The number of hydrogen-bond acceptors (Lipinski definition) is 8. The second-order valence-corrected chi connectivity index (χ2v) is 8.92. The van der Waals surface area contributed by atoms with E-state index < -0.39 is 0 Å². The fourth-order valence-electron chi connectivity index (χ4n) is 4.32. The molecular weight excluding hydrogens is 446 g/mol. The first kappa shape index (κ1) is 25.1. The molecule has 0 saturated carbocycles. The van der Waals surface area contributed by atoms with E-state index in [-0.39, 0.29) is 18.4 Å². The van der Waals surface area contributed by atoms with Gasteiger partial charge in [0.15, 0.2) is 0 Å². The Morgan fingerprint density at radius 1 is 1.14 bits per heavy atom. The Kier molecular flexibility index (Phi) is 9.02. The van der Waals surface area contributed by atoms with Gasteiger partial charge in [-0.3, -0.25) is 19.8 Å². The van der Waals surface area contributed by atoms with Crippen LogP contribution in [0.25, 0.3) is 11.0 Å². The van der Waals surface area contributed by atoms with Crippen molar-refractivity contribution in [2.75, 3.05) is 51.3 Å². The van der Waals surface area contributed by atoms with E-state index in [0.29, 0.717) is 19.6 Å². The van der Waals surface area contributed by atoms with Gasteiger partial charge < -0.3 is 15.0 Å². The Morgan fingerprint density at radius 2 is 1.91 bits per heavy atom. The van der Waals surface area contributed by atoms with Crippen LogP contribution in [0.15, 0.2) is 42.7 Å².